The van der Waals surface area contributed by atoms with Crippen molar-refractivity contribution in [2.45, 2.75) is 63.8 Å². The van der Waals surface area contributed by atoms with Crippen LogP contribution >= 0.6 is 0 Å². The number of aromatic hydroxyl groups is 1. The Morgan fingerprint density at radius 2 is 2.00 bits per heavy atom. The second kappa shape index (κ2) is 6.51. The third kappa shape index (κ3) is 3.72. The van der Waals surface area contributed by atoms with Crippen LogP contribution in [0.4, 0.5) is 4.39 Å². The summed E-state index contributed by atoms with van der Waals surface area (Å²) in [6.45, 7) is 8.97. The number of fused-ring (bicyclic) bond motifs is 1. The molecule has 0 saturated heterocycles. The molecule has 0 radical (unpaired) electrons. The molecule has 1 fully saturated rings. The van der Waals surface area contributed by atoms with Gasteiger partial charge >= 0.3 is 5.69 Å². The maximum Gasteiger partial charge on any atom is 0.331 e. The van der Waals surface area contributed by atoms with Crippen molar-refractivity contribution >= 4 is 19.1 Å². The van der Waals surface area contributed by atoms with Gasteiger partial charge in [-0.15, -0.1) is 0 Å². The lowest BCUT2D eigenvalue weighted by atomic mass is 9.77. The number of halogens is 1. The van der Waals surface area contributed by atoms with E-state index >= 15 is 0 Å². The number of aliphatic hydroxyl groups is 1. The highest BCUT2D eigenvalue weighted by molar-refractivity contribution is 6.76. The zero-order chi connectivity index (χ0) is 19.3. The summed E-state index contributed by atoms with van der Waals surface area (Å²) >= 11 is 0. The van der Waals surface area contributed by atoms with E-state index in [0.717, 1.165) is 12.1 Å². The fourth-order valence-electron chi connectivity index (χ4n) is 3.48. The van der Waals surface area contributed by atoms with Gasteiger partial charge in [-0.05, 0) is 25.8 Å². The van der Waals surface area contributed by atoms with Crippen LogP contribution in [0.15, 0.2) is 16.9 Å². The fraction of sp³-hybridized carbons (Fsp3) is 0.611. The van der Waals surface area contributed by atoms with Gasteiger partial charge in [0.2, 0.25) is 0 Å². The van der Waals surface area contributed by atoms with Gasteiger partial charge in [0, 0.05) is 32.9 Å². The lowest BCUT2D eigenvalue weighted by molar-refractivity contribution is -0.0511. The highest BCUT2D eigenvalue weighted by Gasteiger charge is 2.41. The maximum atomic E-state index is 14.5. The Hall–Kier alpha value is -1.64. The number of aromatic nitrogens is 2. The van der Waals surface area contributed by atoms with E-state index in [1.54, 1.807) is 6.92 Å². The monoisotopic (exact) mass is 382 g/mol. The van der Waals surface area contributed by atoms with Crippen LogP contribution in [0.1, 0.15) is 25.8 Å². The summed E-state index contributed by atoms with van der Waals surface area (Å²) in [7, 11) is -1.25. The number of rotatable bonds is 6. The molecule has 1 aliphatic carbocycles. The number of nitrogens with zero attached hydrogens (tertiary/aromatic N) is 2. The number of hydrogen-bond acceptors (Lipinski definition) is 4. The summed E-state index contributed by atoms with van der Waals surface area (Å²) in [6, 6.07) is 3.09. The largest absolute Gasteiger partial charge is 0.508 e. The van der Waals surface area contributed by atoms with Crippen molar-refractivity contribution in [1.29, 1.82) is 0 Å². The van der Waals surface area contributed by atoms with Crippen molar-refractivity contribution < 1.29 is 19.3 Å². The quantitative estimate of drug-likeness (QED) is 0.595. The minimum atomic E-state index is -1.25. The third-order valence-electron chi connectivity index (χ3n) is 4.93. The minimum absolute atomic E-state index is 0.0127. The second-order valence-corrected chi connectivity index (χ2v) is 14.4. The Labute approximate surface area is 152 Å². The molecule has 0 amide bonds. The van der Waals surface area contributed by atoms with Crippen LogP contribution in [0.25, 0.3) is 11.0 Å². The van der Waals surface area contributed by atoms with Gasteiger partial charge in [-0.3, -0.25) is 9.13 Å². The van der Waals surface area contributed by atoms with Crippen LogP contribution in [0.2, 0.25) is 25.7 Å². The van der Waals surface area contributed by atoms with Gasteiger partial charge < -0.3 is 14.9 Å². The first-order valence-corrected chi connectivity index (χ1v) is 12.6. The van der Waals surface area contributed by atoms with E-state index in [-0.39, 0.29) is 29.7 Å². The molecule has 8 heteroatoms. The van der Waals surface area contributed by atoms with Gasteiger partial charge in [-0.2, -0.15) is 0 Å². The van der Waals surface area contributed by atoms with Crippen LogP contribution in [0, 0.1) is 5.82 Å². The first-order valence-electron chi connectivity index (χ1n) is 8.92. The van der Waals surface area contributed by atoms with Gasteiger partial charge in [0.1, 0.15) is 18.0 Å². The van der Waals surface area contributed by atoms with Gasteiger partial charge in [0.05, 0.1) is 11.1 Å². The van der Waals surface area contributed by atoms with Crippen molar-refractivity contribution in [3.63, 3.8) is 0 Å². The summed E-state index contributed by atoms with van der Waals surface area (Å²) in [5.41, 5.74) is -0.744. The molecule has 1 aromatic carbocycles. The highest BCUT2D eigenvalue weighted by atomic mass is 28.3. The topological polar surface area (TPSA) is 76.6 Å². The van der Waals surface area contributed by atoms with Crippen LogP contribution in [-0.4, -0.2) is 39.6 Å². The van der Waals surface area contributed by atoms with E-state index in [2.05, 4.69) is 19.6 Å². The molecule has 0 unspecified atom stereocenters. The molecule has 2 aromatic rings. The molecule has 3 rings (SSSR count). The van der Waals surface area contributed by atoms with Crippen molar-refractivity contribution in [1.82, 2.24) is 9.13 Å². The molecule has 144 valence electrons. The molecule has 0 spiro atoms. The summed E-state index contributed by atoms with van der Waals surface area (Å²) in [5, 5.41) is 19.8. The summed E-state index contributed by atoms with van der Waals surface area (Å²) in [6.07, 6.45) is 0.783. The first kappa shape index (κ1) is 19.1. The predicted octanol–water partition coefficient (Wildman–Crippen LogP) is 3.05. The number of hydrogen-bond donors (Lipinski definition) is 2. The van der Waals surface area contributed by atoms with E-state index in [4.69, 9.17) is 4.74 Å². The Morgan fingerprint density at radius 3 is 2.58 bits per heavy atom. The Bertz CT molecular complexity index is 874. The maximum absolute atomic E-state index is 14.5. The van der Waals surface area contributed by atoms with Crippen molar-refractivity contribution in [3.05, 3.63) is 28.4 Å². The average Bonchev–Trinajstić information content (AvgIpc) is 2.72. The number of benzene rings is 1. The van der Waals surface area contributed by atoms with Crippen molar-refractivity contribution in [3.8, 4) is 5.75 Å². The van der Waals surface area contributed by atoms with Gasteiger partial charge in [-0.25, -0.2) is 9.18 Å². The smallest absolute Gasteiger partial charge is 0.331 e. The normalized spacial score (nSPS) is 23.4. The second-order valence-electron chi connectivity index (χ2n) is 8.78. The van der Waals surface area contributed by atoms with Crippen molar-refractivity contribution in [2.75, 3.05) is 6.61 Å². The molecule has 1 aromatic heterocycles. The van der Waals surface area contributed by atoms with Gasteiger partial charge in [0.25, 0.3) is 0 Å². The van der Waals surface area contributed by atoms with E-state index in [9.17, 15) is 19.4 Å². The number of ether oxygens (including phenoxy) is 1. The van der Waals surface area contributed by atoms with Crippen LogP contribution in [-0.2, 0) is 11.5 Å². The number of imidazole rings is 1. The zero-order valence-electron chi connectivity index (χ0n) is 15.8. The SMILES string of the molecule is CC1(O)CC(n2c(=O)n(COCC[Si](C)(C)C)c3cc(O)cc(F)c32)C1. The molecule has 1 heterocycles. The number of phenols is 1. The summed E-state index contributed by atoms with van der Waals surface area (Å²) in [5.74, 6) is -0.881. The Balaban J connectivity index is 1.95. The minimum Gasteiger partial charge on any atom is -0.508 e. The molecule has 0 atom stereocenters. The van der Waals surface area contributed by atoms with Gasteiger partial charge in [0.15, 0.2) is 5.82 Å². The fourth-order valence-corrected chi connectivity index (χ4v) is 4.24. The first-order chi connectivity index (χ1) is 12.0. The summed E-state index contributed by atoms with van der Waals surface area (Å²) in [4.78, 5) is 12.9. The molecule has 6 nitrogen and oxygen atoms in total. The standard InChI is InChI=1S/C18H27FN2O4Si/c1-18(24)9-12(10-18)21-16-14(19)7-13(22)8-15(16)20(17(21)23)11-25-5-6-26(2,3)4/h7-8,12,22,24H,5-6,9-11H2,1-4H3. The molecule has 1 aliphatic rings. The predicted molar refractivity (Wildman–Crippen MR) is 101 cm³/mol. The molecule has 0 bridgehead atoms. The third-order valence-corrected chi connectivity index (χ3v) is 6.63. The molecule has 0 aliphatic heterocycles. The van der Waals surface area contributed by atoms with Crippen LogP contribution in [0.3, 0.4) is 0 Å². The molecule has 2 N–H and O–H groups in total. The Morgan fingerprint density at radius 1 is 1.35 bits per heavy atom. The highest BCUT2D eigenvalue weighted by Crippen LogP contribution is 2.42. The van der Waals surface area contributed by atoms with Crippen LogP contribution in [0.5, 0.6) is 5.75 Å². The molecular weight excluding hydrogens is 355 g/mol. The summed E-state index contributed by atoms with van der Waals surface area (Å²) < 4.78 is 23.0. The average molecular weight is 383 g/mol. The molecule has 26 heavy (non-hydrogen) atoms. The Kier molecular flexibility index (Phi) is 4.79. The zero-order valence-corrected chi connectivity index (χ0v) is 16.8. The molecular formula is C18H27FN2O4Si. The van der Waals surface area contributed by atoms with Crippen LogP contribution < -0.4 is 5.69 Å². The van der Waals surface area contributed by atoms with E-state index in [0.29, 0.717) is 25.0 Å². The number of phenolic OH excluding ortho intramolecular Hbond substituents is 1. The van der Waals surface area contributed by atoms with E-state index < -0.39 is 19.5 Å². The van der Waals surface area contributed by atoms with Crippen molar-refractivity contribution in [2.24, 2.45) is 0 Å². The lowest BCUT2D eigenvalue weighted by Crippen LogP contribution is -2.45. The van der Waals surface area contributed by atoms with Gasteiger partial charge in [-0.1, -0.05) is 19.6 Å². The van der Waals surface area contributed by atoms with E-state index in [1.807, 2.05) is 0 Å². The van der Waals surface area contributed by atoms with E-state index in [1.165, 1.54) is 15.2 Å². The molecule has 1 saturated carbocycles. The lowest BCUT2D eigenvalue weighted by Gasteiger charge is -2.41.